The quantitative estimate of drug-likeness (QED) is 0.417. The number of aromatic nitrogens is 1. The molecule has 1 aromatic heterocycles. The van der Waals surface area contributed by atoms with Crippen molar-refractivity contribution in [2.45, 2.75) is 26.0 Å². The largest absolute Gasteiger partial charge is 0.507 e. The first-order chi connectivity index (χ1) is 13.8. The molecule has 29 heavy (non-hydrogen) atoms. The number of hydrogen-bond donors (Lipinski definition) is 1. The van der Waals surface area contributed by atoms with Crippen LogP contribution in [0.2, 0.25) is 10.0 Å². The summed E-state index contributed by atoms with van der Waals surface area (Å²) in [5.74, 6) is -1.79. The maximum absolute atomic E-state index is 12.8. The first-order valence-electron chi connectivity index (χ1n) is 9.06. The number of carbonyl (C=O) groups is 2. The summed E-state index contributed by atoms with van der Waals surface area (Å²) in [4.78, 5) is 31.1. The fourth-order valence-electron chi connectivity index (χ4n) is 3.18. The molecule has 6 nitrogen and oxygen atoms in total. The van der Waals surface area contributed by atoms with E-state index in [9.17, 15) is 14.7 Å². The van der Waals surface area contributed by atoms with Gasteiger partial charge in [0.25, 0.3) is 11.7 Å². The van der Waals surface area contributed by atoms with Crippen molar-refractivity contribution in [2.75, 3.05) is 13.2 Å². The lowest BCUT2D eigenvalue weighted by atomic mass is 9.96. The van der Waals surface area contributed by atoms with Crippen LogP contribution in [-0.4, -0.2) is 45.9 Å². The molecule has 1 amide bonds. The van der Waals surface area contributed by atoms with Crippen molar-refractivity contribution < 1.29 is 19.4 Å². The number of halogens is 2. The topological polar surface area (TPSA) is 79.7 Å². The molecule has 3 rings (SSSR count). The molecular weight excluding hydrogens is 415 g/mol. The molecule has 1 aliphatic rings. The second kappa shape index (κ2) is 8.95. The molecule has 0 aliphatic carbocycles. The predicted molar refractivity (Wildman–Crippen MR) is 111 cm³/mol. The average Bonchev–Trinajstić information content (AvgIpc) is 2.95. The first kappa shape index (κ1) is 21.3. The van der Waals surface area contributed by atoms with E-state index in [4.69, 9.17) is 27.9 Å². The second-order valence-corrected chi connectivity index (χ2v) is 7.64. The van der Waals surface area contributed by atoms with E-state index in [1.165, 1.54) is 17.0 Å². The van der Waals surface area contributed by atoms with Crippen LogP contribution >= 0.6 is 23.2 Å². The molecule has 1 fully saturated rings. The summed E-state index contributed by atoms with van der Waals surface area (Å²) in [6, 6.07) is 7.19. The molecule has 2 aromatic rings. The number of aliphatic hydroxyl groups excluding tert-OH is 1. The zero-order valence-electron chi connectivity index (χ0n) is 15.9. The van der Waals surface area contributed by atoms with Gasteiger partial charge in [0.15, 0.2) is 0 Å². The van der Waals surface area contributed by atoms with Crippen LogP contribution in [0.4, 0.5) is 0 Å². The lowest BCUT2D eigenvalue weighted by molar-refractivity contribution is -0.140. The molecule has 0 bridgehead atoms. The SMILES string of the molecule is CC(C)OCCN1C(=O)C(=O)/C(=C(\O)c2ccc(Cl)c(Cl)c2)C1c1cccnc1. The highest BCUT2D eigenvalue weighted by Crippen LogP contribution is 2.39. The van der Waals surface area contributed by atoms with Crippen LogP contribution < -0.4 is 0 Å². The summed E-state index contributed by atoms with van der Waals surface area (Å²) in [5, 5.41) is 11.5. The number of likely N-dealkylation sites (tertiary alicyclic amines) is 1. The van der Waals surface area contributed by atoms with E-state index in [-0.39, 0.29) is 35.6 Å². The van der Waals surface area contributed by atoms with Crippen LogP contribution in [0.15, 0.2) is 48.3 Å². The van der Waals surface area contributed by atoms with E-state index >= 15 is 0 Å². The number of pyridine rings is 1. The summed E-state index contributed by atoms with van der Waals surface area (Å²) >= 11 is 12.0. The lowest BCUT2D eigenvalue weighted by Gasteiger charge is -2.25. The van der Waals surface area contributed by atoms with Crippen molar-refractivity contribution in [2.24, 2.45) is 0 Å². The van der Waals surface area contributed by atoms with Crippen molar-refractivity contribution in [3.05, 3.63) is 69.5 Å². The van der Waals surface area contributed by atoms with Crippen LogP contribution in [0.1, 0.15) is 31.0 Å². The smallest absolute Gasteiger partial charge is 0.295 e. The average molecular weight is 435 g/mol. The standard InChI is InChI=1S/C21H20Cl2N2O4/c1-12(2)29-9-8-25-18(14-4-3-7-24-11-14)17(20(27)21(25)28)19(26)13-5-6-15(22)16(23)10-13/h3-7,10-12,18,26H,8-9H2,1-2H3/b19-17-. The molecule has 152 valence electrons. The van der Waals surface area contributed by atoms with Crippen LogP contribution in [-0.2, 0) is 14.3 Å². The molecular formula is C21H20Cl2N2O4. The van der Waals surface area contributed by atoms with Gasteiger partial charge < -0.3 is 14.7 Å². The molecule has 0 saturated carbocycles. The van der Waals surface area contributed by atoms with E-state index in [2.05, 4.69) is 4.98 Å². The van der Waals surface area contributed by atoms with Crippen molar-refractivity contribution in [3.63, 3.8) is 0 Å². The van der Waals surface area contributed by atoms with Gasteiger partial charge in [0.1, 0.15) is 5.76 Å². The Morgan fingerprint density at radius 1 is 1.24 bits per heavy atom. The maximum atomic E-state index is 12.8. The van der Waals surface area contributed by atoms with Gasteiger partial charge in [0, 0.05) is 24.5 Å². The summed E-state index contributed by atoms with van der Waals surface area (Å²) in [5.41, 5.74) is 0.883. The maximum Gasteiger partial charge on any atom is 0.295 e. The molecule has 1 saturated heterocycles. The monoisotopic (exact) mass is 434 g/mol. The van der Waals surface area contributed by atoms with E-state index < -0.39 is 17.7 Å². The number of carbonyl (C=O) groups excluding carboxylic acids is 2. The molecule has 1 unspecified atom stereocenters. The number of aliphatic hydroxyl groups is 1. The minimum atomic E-state index is -0.783. The number of benzene rings is 1. The number of ether oxygens (including phenoxy) is 1. The third-order valence-electron chi connectivity index (χ3n) is 4.52. The van der Waals surface area contributed by atoms with Crippen molar-refractivity contribution >= 4 is 40.7 Å². The Morgan fingerprint density at radius 2 is 2.00 bits per heavy atom. The van der Waals surface area contributed by atoms with Crippen molar-refractivity contribution in [1.82, 2.24) is 9.88 Å². The molecule has 0 radical (unpaired) electrons. The molecule has 1 N–H and O–H groups in total. The van der Waals surface area contributed by atoms with Gasteiger partial charge in [-0.05, 0) is 43.7 Å². The molecule has 2 heterocycles. The lowest BCUT2D eigenvalue weighted by Crippen LogP contribution is -2.33. The summed E-state index contributed by atoms with van der Waals surface area (Å²) in [6.07, 6.45) is 3.14. The zero-order valence-corrected chi connectivity index (χ0v) is 17.4. The Labute approximate surface area is 178 Å². The van der Waals surface area contributed by atoms with Gasteiger partial charge in [0.05, 0.1) is 34.4 Å². The number of rotatable bonds is 6. The Balaban J connectivity index is 2.09. The Hall–Kier alpha value is -2.41. The van der Waals surface area contributed by atoms with Crippen LogP contribution in [0, 0.1) is 0 Å². The Kier molecular flexibility index (Phi) is 6.57. The fraction of sp³-hybridized carbons (Fsp3) is 0.286. The van der Waals surface area contributed by atoms with Crippen LogP contribution in [0.25, 0.3) is 5.76 Å². The molecule has 1 aromatic carbocycles. The minimum absolute atomic E-state index is 0.0140. The van der Waals surface area contributed by atoms with Gasteiger partial charge in [-0.15, -0.1) is 0 Å². The Morgan fingerprint density at radius 3 is 2.62 bits per heavy atom. The van der Waals surface area contributed by atoms with Gasteiger partial charge >= 0.3 is 0 Å². The van der Waals surface area contributed by atoms with Gasteiger partial charge in [0.2, 0.25) is 0 Å². The number of nitrogens with zero attached hydrogens (tertiary/aromatic N) is 2. The number of amides is 1. The summed E-state index contributed by atoms with van der Waals surface area (Å²) in [7, 11) is 0. The van der Waals surface area contributed by atoms with Crippen LogP contribution in [0.3, 0.4) is 0 Å². The summed E-state index contributed by atoms with van der Waals surface area (Å²) in [6.45, 7) is 4.22. The minimum Gasteiger partial charge on any atom is -0.507 e. The molecule has 8 heteroatoms. The second-order valence-electron chi connectivity index (χ2n) is 6.83. The molecule has 0 spiro atoms. The molecule has 1 atom stereocenters. The summed E-state index contributed by atoms with van der Waals surface area (Å²) < 4.78 is 5.55. The van der Waals surface area contributed by atoms with Gasteiger partial charge in [-0.1, -0.05) is 29.3 Å². The van der Waals surface area contributed by atoms with Crippen molar-refractivity contribution in [3.8, 4) is 0 Å². The third kappa shape index (κ3) is 4.45. The van der Waals surface area contributed by atoms with E-state index in [1.54, 1.807) is 30.6 Å². The zero-order chi connectivity index (χ0) is 21.1. The highest BCUT2D eigenvalue weighted by molar-refractivity contribution is 6.46. The predicted octanol–water partition coefficient (Wildman–Crippen LogP) is 4.24. The third-order valence-corrected chi connectivity index (χ3v) is 5.26. The van der Waals surface area contributed by atoms with E-state index in [1.807, 2.05) is 13.8 Å². The Bertz CT molecular complexity index is 960. The van der Waals surface area contributed by atoms with Gasteiger partial charge in [-0.3, -0.25) is 14.6 Å². The van der Waals surface area contributed by atoms with Crippen molar-refractivity contribution in [1.29, 1.82) is 0 Å². The van der Waals surface area contributed by atoms with E-state index in [0.29, 0.717) is 16.1 Å². The highest BCUT2D eigenvalue weighted by Gasteiger charge is 2.46. The van der Waals surface area contributed by atoms with Gasteiger partial charge in [-0.25, -0.2) is 0 Å². The number of hydrogen-bond acceptors (Lipinski definition) is 5. The molecule has 1 aliphatic heterocycles. The number of ketones is 1. The van der Waals surface area contributed by atoms with Crippen LogP contribution in [0.5, 0.6) is 0 Å². The highest BCUT2D eigenvalue weighted by atomic mass is 35.5. The normalized spacial score (nSPS) is 18.7. The van der Waals surface area contributed by atoms with E-state index in [0.717, 1.165) is 0 Å². The first-order valence-corrected chi connectivity index (χ1v) is 9.82. The fourth-order valence-corrected chi connectivity index (χ4v) is 3.48. The number of Topliss-reactive ketones (excluding diaryl/α,β-unsaturated/α-hetero) is 1. The van der Waals surface area contributed by atoms with Gasteiger partial charge in [-0.2, -0.15) is 0 Å².